The van der Waals surface area contributed by atoms with E-state index >= 15 is 0 Å². The lowest BCUT2D eigenvalue weighted by atomic mass is 10.3. The predicted octanol–water partition coefficient (Wildman–Crippen LogP) is 3.69. The fraction of sp³-hybridized carbons (Fsp3) is 0.333. The third-order valence-corrected chi connectivity index (χ3v) is 5.01. The number of rotatable bonds is 11. The van der Waals surface area contributed by atoms with Crippen molar-refractivity contribution in [1.29, 1.82) is 0 Å². The van der Waals surface area contributed by atoms with E-state index in [0.717, 1.165) is 16.8 Å². The van der Waals surface area contributed by atoms with Crippen LogP contribution in [0.4, 0.5) is 0 Å². The second-order valence-corrected chi connectivity index (χ2v) is 7.24. The molecule has 0 unspecified atom stereocenters. The zero-order chi connectivity index (χ0) is 16.2. The standard InChI is InChI=1S/2C8H9O2.C2H5.Al/c2*9-6-7-10-8-4-2-1-3-5-8;1-2;/h2*1-5H,6-7H2;1H2,2H3;/q2*-1;;+2. The van der Waals surface area contributed by atoms with Crippen LogP contribution in [-0.4, -0.2) is 41.2 Å². The molecule has 0 spiro atoms. The van der Waals surface area contributed by atoms with Crippen molar-refractivity contribution in [2.75, 3.05) is 26.4 Å². The third kappa shape index (κ3) is 7.54. The van der Waals surface area contributed by atoms with Crippen LogP contribution in [-0.2, 0) is 7.58 Å². The Bertz CT molecular complexity index is 474. The van der Waals surface area contributed by atoms with Crippen LogP contribution in [0.5, 0.6) is 11.5 Å². The Morgan fingerprint density at radius 3 is 1.48 bits per heavy atom. The summed E-state index contributed by atoms with van der Waals surface area (Å²) in [4.78, 5) is 0. The van der Waals surface area contributed by atoms with Gasteiger partial charge in [0, 0.05) is 0 Å². The topological polar surface area (TPSA) is 36.9 Å². The minimum Gasteiger partial charge on any atom is -0.491 e. The smallest absolute Gasteiger partial charge is 0.491 e. The molecule has 0 saturated carbocycles. The average Bonchev–Trinajstić information content (AvgIpc) is 2.62. The van der Waals surface area contributed by atoms with Gasteiger partial charge in [-0.3, -0.25) is 0 Å². The molecular formula is C18H23AlO4. The van der Waals surface area contributed by atoms with Crippen LogP contribution in [0.1, 0.15) is 6.92 Å². The van der Waals surface area contributed by atoms with Crippen LogP contribution in [0, 0.1) is 0 Å². The maximum atomic E-state index is 5.80. The Morgan fingerprint density at radius 1 is 0.652 bits per heavy atom. The van der Waals surface area contributed by atoms with Gasteiger partial charge in [-0.1, -0.05) is 43.3 Å². The van der Waals surface area contributed by atoms with E-state index in [1.165, 1.54) is 0 Å². The van der Waals surface area contributed by atoms with Crippen molar-refractivity contribution in [3.8, 4) is 11.5 Å². The summed E-state index contributed by atoms with van der Waals surface area (Å²) >= 11 is -1.62. The molecule has 0 fully saturated rings. The Kier molecular flexibility index (Phi) is 8.61. The molecule has 2 aromatic carbocycles. The van der Waals surface area contributed by atoms with Crippen molar-refractivity contribution in [3.63, 3.8) is 0 Å². The molecule has 0 N–H and O–H groups in total. The van der Waals surface area contributed by atoms with Gasteiger partial charge in [-0.25, -0.2) is 0 Å². The Balaban J connectivity index is 1.54. The van der Waals surface area contributed by atoms with E-state index < -0.39 is 14.8 Å². The van der Waals surface area contributed by atoms with E-state index in [4.69, 9.17) is 17.1 Å². The first-order valence-corrected chi connectivity index (χ1v) is 9.73. The molecule has 23 heavy (non-hydrogen) atoms. The highest BCUT2D eigenvalue weighted by Crippen LogP contribution is 2.09. The molecule has 2 rings (SSSR count). The van der Waals surface area contributed by atoms with Crippen LogP contribution >= 0.6 is 0 Å². The highest BCUT2D eigenvalue weighted by atomic mass is 27.2. The first-order chi connectivity index (χ1) is 11.4. The fourth-order valence-electron chi connectivity index (χ4n) is 2.00. The normalized spacial score (nSPS) is 10.3. The number of para-hydroxylation sites is 2. The summed E-state index contributed by atoms with van der Waals surface area (Å²) in [5.41, 5.74) is 0. The molecule has 122 valence electrons. The van der Waals surface area contributed by atoms with Crippen molar-refractivity contribution in [3.05, 3.63) is 60.7 Å². The van der Waals surface area contributed by atoms with E-state index in [9.17, 15) is 0 Å². The van der Waals surface area contributed by atoms with E-state index in [2.05, 4.69) is 6.92 Å². The van der Waals surface area contributed by atoms with Gasteiger partial charge < -0.3 is 17.1 Å². The molecule has 0 saturated heterocycles. The first kappa shape index (κ1) is 17.8. The average molecular weight is 330 g/mol. The zero-order valence-electron chi connectivity index (χ0n) is 13.5. The van der Waals surface area contributed by atoms with Gasteiger partial charge >= 0.3 is 14.8 Å². The maximum Gasteiger partial charge on any atom is 0.674 e. The number of hydrogen-bond acceptors (Lipinski definition) is 4. The summed E-state index contributed by atoms with van der Waals surface area (Å²) in [6, 6.07) is 19.5. The quantitative estimate of drug-likeness (QED) is 0.465. The van der Waals surface area contributed by atoms with Crippen molar-refractivity contribution in [2.24, 2.45) is 0 Å². The highest BCUT2D eigenvalue weighted by Gasteiger charge is 2.22. The van der Waals surface area contributed by atoms with Crippen molar-refractivity contribution in [2.45, 2.75) is 12.2 Å². The van der Waals surface area contributed by atoms with Crippen LogP contribution < -0.4 is 9.47 Å². The SMILES string of the molecule is C[CH2][Al]([O]CCOc1ccccc1)[O]CCOc1ccccc1. The Labute approximate surface area is 143 Å². The molecule has 0 aliphatic rings. The predicted molar refractivity (Wildman–Crippen MR) is 92.0 cm³/mol. The summed E-state index contributed by atoms with van der Waals surface area (Å²) in [6.07, 6.45) is 0. The molecule has 0 aliphatic heterocycles. The molecule has 0 atom stereocenters. The fourth-order valence-corrected chi connectivity index (χ4v) is 3.28. The molecule has 5 heteroatoms. The maximum absolute atomic E-state index is 5.80. The van der Waals surface area contributed by atoms with Gasteiger partial charge in [0.25, 0.3) is 0 Å². The van der Waals surface area contributed by atoms with Crippen LogP contribution in [0.2, 0.25) is 5.28 Å². The molecule has 0 aromatic heterocycles. The second-order valence-electron chi connectivity index (χ2n) is 4.90. The van der Waals surface area contributed by atoms with Gasteiger partial charge in [0.2, 0.25) is 0 Å². The van der Waals surface area contributed by atoms with E-state index in [1.807, 2.05) is 60.7 Å². The molecule has 0 aliphatic carbocycles. The third-order valence-electron chi connectivity index (χ3n) is 3.13. The molecule has 2 aromatic rings. The van der Waals surface area contributed by atoms with Gasteiger partial charge in [-0.2, -0.15) is 0 Å². The number of benzene rings is 2. The van der Waals surface area contributed by atoms with Crippen molar-refractivity contribution < 1.29 is 17.1 Å². The van der Waals surface area contributed by atoms with Gasteiger partial charge in [-0.15, -0.1) is 0 Å². The molecular weight excluding hydrogens is 307 g/mol. The molecule has 0 radical (unpaired) electrons. The first-order valence-electron chi connectivity index (χ1n) is 7.97. The largest absolute Gasteiger partial charge is 0.674 e. The highest BCUT2D eigenvalue weighted by molar-refractivity contribution is 6.44. The van der Waals surface area contributed by atoms with Crippen molar-refractivity contribution in [1.82, 2.24) is 0 Å². The van der Waals surface area contributed by atoms with E-state index in [0.29, 0.717) is 26.4 Å². The number of ether oxygens (including phenoxy) is 2. The zero-order valence-corrected chi connectivity index (χ0v) is 14.7. The van der Waals surface area contributed by atoms with Gasteiger partial charge in [0.1, 0.15) is 24.7 Å². The Hall–Kier alpha value is -1.51. The lowest BCUT2D eigenvalue weighted by Crippen LogP contribution is -2.26. The monoisotopic (exact) mass is 330 g/mol. The molecule has 0 heterocycles. The van der Waals surface area contributed by atoms with Crippen molar-refractivity contribution >= 4 is 14.8 Å². The summed E-state index contributed by atoms with van der Waals surface area (Å²) in [7, 11) is 0. The minimum atomic E-state index is -1.62. The molecule has 0 amide bonds. The number of hydrogen-bond donors (Lipinski definition) is 0. The van der Waals surface area contributed by atoms with Gasteiger partial charge in [0.05, 0.1) is 13.2 Å². The van der Waals surface area contributed by atoms with E-state index in [1.54, 1.807) is 0 Å². The van der Waals surface area contributed by atoms with Crippen LogP contribution in [0.3, 0.4) is 0 Å². The second kappa shape index (κ2) is 11.1. The molecule has 0 bridgehead atoms. The lowest BCUT2D eigenvalue weighted by Gasteiger charge is -2.13. The lowest BCUT2D eigenvalue weighted by molar-refractivity contribution is 0.143. The minimum absolute atomic E-state index is 0.539. The van der Waals surface area contributed by atoms with Gasteiger partial charge in [0.15, 0.2) is 0 Å². The van der Waals surface area contributed by atoms with E-state index in [-0.39, 0.29) is 0 Å². The summed E-state index contributed by atoms with van der Waals surface area (Å²) in [5, 5.41) is 0.927. The van der Waals surface area contributed by atoms with Crippen LogP contribution in [0.25, 0.3) is 0 Å². The van der Waals surface area contributed by atoms with Gasteiger partial charge in [-0.05, 0) is 29.5 Å². The Morgan fingerprint density at radius 2 is 1.09 bits per heavy atom. The molecule has 4 nitrogen and oxygen atoms in total. The van der Waals surface area contributed by atoms with Crippen LogP contribution in [0.15, 0.2) is 60.7 Å². The summed E-state index contributed by atoms with van der Waals surface area (Å²) in [5.74, 6) is 1.73. The summed E-state index contributed by atoms with van der Waals surface area (Å²) in [6.45, 7) is 4.28. The summed E-state index contributed by atoms with van der Waals surface area (Å²) < 4.78 is 22.8.